The van der Waals surface area contributed by atoms with Crippen LogP contribution in [0.2, 0.25) is 0 Å². The second-order valence-corrected chi connectivity index (χ2v) is 7.26. The minimum Gasteiger partial charge on any atom is -0.340 e. The first-order valence-corrected chi connectivity index (χ1v) is 9.27. The highest BCUT2D eigenvalue weighted by Gasteiger charge is 2.36. The molecule has 2 aliphatic heterocycles. The third-order valence-electron chi connectivity index (χ3n) is 4.90. The van der Waals surface area contributed by atoms with Gasteiger partial charge < -0.3 is 4.90 Å². The first-order valence-electron chi connectivity index (χ1n) is 8.48. The first-order chi connectivity index (χ1) is 11.5. The molecule has 6 heteroatoms. The van der Waals surface area contributed by atoms with Crippen LogP contribution in [0.25, 0.3) is 0 Å². The Balaban J connectivity index is 1.66. The molecule has 1 atom stereocenters. The number of likely N-dealkylation sites (tertiary alicyclic amines) is 1. The van der Waals surface area contributed by atoms with Gasteiger partial charge in [-0.2, -0.15) is 0 Å². The molecule has 2 heterocycles. The number of imide groups is 1. The number of carbonyl (C=O) groups excluding carboxylic acids is 3. The summed E-state index contributed by atoms with van der Waals surface area (Å²) in [6.45, 7) is 3.03. The number of hydrogen-bond acceptors (Lipinski definition) is 3. The second kappa shape index (κ2) is 7.05. The van der Waals surface area contributed by atoms with Crippen molar-refractivity contribution in [3.8, 4) is 0 Å². The summed E-state index contributed by atoms with van der Waals surface area (Å²) < 4.78 is 0.763. The van der Waals surface area contributed by atoms with Crippen LogP contribution in [-0.4, -0.2) is 46.7 Å². The molecule has 5 nitrogen and oxygen atoms in total. The maximum absolute atomic E-state index is 12.5. The number of nitrogens with zero attached hydrogens (tertiary/aromatic N) is 2. The van der Waals surface area contributed by atoms with E-state index in [4.69, 9.17) is 0 Å². The Labute approximate surface area is 150 Å². The van der Waals surface area contributed by atoms with Crippen LogP contribution in [0.4, 0.5) is 0 Å². The number of halogens is 1. The molecule has 3 amide bonds. The van der Waals surface area contributed by atoms with E-state index in [-0.39, 0.29) is 30.7 Å². The van der Waals surface area contributed by atoms with Crippen LogP contribution in [0.5, 0.6) is 0 Å². The summed E-state index contributed by atoms with van der Waals surface area (Å²) in [7, 11) is 0. The van der Waals surface area contributed by atoms with E-state index >= 15 is 0 Å². The molecule has 2 aliphatic rings. The van der Waals surface area contributed by atoms with E-state index in [0.29, 0.717) is 17.2 Å². The van der Waals surface area contributed by atoms with E-state index in [1.54, 1.807) is 18.2 Å². The standard InChI is InChI=1S/C18H21BrN2O3/c1-2-13-5-3-4-9-20(13)16(22)8-10-21-17(23)14-7-6-12(19)11-15(14)18(21)24/h6-7,11,13H,2-5,8-10H2,1H3. The molecule has 0 saturated carbocycles. The third-order valence-corrected chi connectivity index (χ3v) is 5.39. The largest absolute Gasteiger partial charge is 0.340 e. The van der Waals surface area contributed by atoms with Gasteiger partial charge in [-0.05, 0) is 43.9 Å². The molecular formula is C18H21BrN2O3. The highest BCUT2D eigenvalue weighted by Crippen LogP contribution is 2.26. The van der Waals surface area contributed by atoms with Crippen molar-refractivity contribution in [2.75, 3.05) is 13.1 Å². The number of hydrogen-bond donors (Lipinski definition) is 0. The Morgan fingerprint density at radius 2 is 1.96 bits per heavy atom. The van der Waals surface area contributed by atoms with Crippen LogP contribution < -0.4 is 0 Å². The number of carbonyl (C=O) groups is 3. The fourth-order valence-electron chi connectivity index (χ4n) is 3.57. The predicted octanol–water partition coefficient (Wildman–Crippen LogP) is 3.23. The summed E-state index contributed by atoms with van der Waals surface area (Å²) in [5.41, 5.74) is 0.825. The van der Waals surface area contributed by atoms with Crippen molar-refractivity contribution in [1.29, 1.82) is 0 Å². The highest BCUT2D eigenvalue weighted by atomic mass is 79.9. The van der Waals surface area contributed by atoms with Gasteiger partial charge in [-0.3, -0.25) is 19.3 Å². The van der Waals surface area contributed by atoms with Gasteiger partial charge in [0.15, 0.2) is 0 Å². The normalized spacial score (nSPS) is 20.5. The Hall–Kier alpha value is -1.69. The number of benzene rings is 1. The quantitative estimate of drug-likeness (QED) is 0.739. The second-order valence-electron chi connectivity index (χ2n) is 6.35. The predicted molar refractivity (Wildman–Crippen MR) is 93.8 cm³/mol. The third kappa shape index (κ3) is 3.11. The highest BCUT2D eigenvalue weighted by molar-refractivity contribution is 9.10. The number of fused-ring (bicyclic) bond motifs is 1. The smallest absolute Gasteiger partial charge is 0.261 e. The van der Waals surface area contributed by atoms with Gasteiger partial charge in [0.25, 0.3) is 11.8 Å². The van der Waals surface area contributed by atoms with Crippen LogP contribution in [0, 0.1) is 0 Å². The molecule has 1 fully saturated rings. The van der Waals surface area contributed by atoms with E-state index in [9.17, 15) is 14.4 Å². The lowest BCUT2D eigenvalue weighted by Crippen LogP contribution is -2.44. The van der Waals surface area contributed by atoms with Gasteiger partial charge in [0.2, 0.25) is 5.91 Å². The van der Waals surface area contributed by atoms with Crippen LogP contribution in [0.15, 0.2) is 22.7 Å². The zero-order valence-electron chi connectivity index (χ0n) is 13.8. The topological polar surface area (TPSA) is 57.7 Å². The van der Waals surface area contributed by atoms with Crippen molar-refractivity contribution >= 4 is 33.7 Å². The first kappa shape index (κ1) is 17.1. The number of rotatable bonds is 4. The average Bonchev–Trinajstić information content (AvgIpc) is 2.83. The number of amides is 3. The van der Waals surface area contributed by atoms with Gasteiger partial charge in [0.1, 0.15) is 0 Å². The molecule has 1 aromatic carbocycles. The Kier molecular flexibility index (Phi) is 5.04. The maximum Gasteiger partial charge on any atom is 0.261 e. The van der Waals surface area contributed by atoms with Crippen LogP contribution in [0.1, 0.15) is 59.7 Å². The number of piperidine rings is 1. The van der Waals surface area contributed by atoms with Crippen molar-refractivity contribution in [2.24, 2.45) is 0 Å². The van der Waals surface area contributed by atoms with Crippen molar-refractivity contribution in [3.63, 3.8) is 0 Å². The van der Waals surface area contributed by atoms with Gasteiger partial charge in [-0.25, -0.2) is 0 Å². The molecule has 0 bridgehead atoms. The SMILES string of the molecule is CCC1CCCCN1C(=O)CCN1C(=O)c2ccc(Br)cc2C1=O. The summed E-state index contributed by atoms with van der Waals surface area (Å²) in [5, 5.41) is 0. The van der Waals surface area contributed by atoms with Crippen molar-refractivity contribution in [2.45, 2.75) is 45.1 Å². The maximum atomic E-state index is 12.5. The Morgan fingerprint density at radius 1 is 1.21 bits per heavy atom. The monoisotopic (exact) mass is 392 g/mol. The van der Waals surface area contributed by atoms with Gasteiger partial charge in [0.05, 0.1) is 11.1 Å². The van der Waals surface area contributed by atoms with Gasteiger partial charge in [0, 0.05) is 30.0 Å². The fourth-order valence-corrected chi connectivity index (χ4v) is 3.93. The Morgan fingerprint density at radius 3 is 2.71 bits per heavy atom. The average molecular weight is 393 g/mol. The minimum absolute atomic E-state index is 0.0410. The molecule has 1 unspecified atom stereocenters. The molecular weight excluding hydrogens is 372 g/mol. The molecule has 128 valence electrons. The molecule has 24 heavy (non-hydrogen) atoms. The molecule has 3 rings (SSSR count). The Bertz CT molecular complexity index is 689. The van der Waals surface area contributed by atoms with Gasteiger partial charge in [-0.1, -0.05) is 22.9 Å². The summed E-state index contributed by atoms with van der Waals surface area (Å²) in [6, 6.07) is 5.36. The minimum atomic E-state index is -0.310. The lowest BCUT2D eigenvalue weighted by Gasteiger charge is -2.35. The molecule has 0 spiro atoms. The molecule has 0 N–H and O–H groups in total. The van der Waals surface area contributed by atoms with Gasteiger partial charge >= 0.3 is 0 Å². The van der Waals surface area contributed by atoms with E-state index < -0.39 is 0 Å². The zero-order chi connectivity index (χ0) is 17.3. The van der Waals surface area contributed by atoms with E-state index in [2.05, 4.69) is 22.9 Å². The van der Waals surface area contributed by atoms with Gasteiger partial charge in [-0.15, -0.1) is 0 Å². The lowest BCUT2D eigenvalue weighted by molar-refractivity contribution is -0.135. The summed E-state index contributed by atoms with van der Waals surface area (Å²) in [4.78, 5) is 40.5. The van der Waals surface area contributed by atoms with Crippen LogP contribution in [0.3, 0.4) is 0 Å². The van der Waals surface area contributed by atoms with E-state index in [1.165, 1.54) is 4.90 Å². The van der Waals surface area contributed by atoms with Crippen molar-refractivity contribution in [1.82, 2.24) is 9.80 Å². The van der Waals surface area contributed by atoms with E-state index in [0.717, 1.165) is 36.7 Å². The van der Waals surface area contributed by atoms with Crippen LogP contribution >= 0.6 is 15.9 Å². The summed E-state index contributed by atoms with van der Waals surface area (Å²) in [6.07, 6.45) is 4.39. The lowest BCUT2D eigenvalue weighted by atomic mass is 9.99. The molecule has 0 radical (unpaired) electrons. The molecule has 0 aliphatic carbocycles. The zero-order valence-corrected chi connectivity index (χ0v) is 15.3. The van der Waals surface area contributed by atoms with Crippen LogP contribution in [-0.2, 0) is 4.79 Å². The summed E-state index contributed by atoms with van der Waals surface area (Å²) in [5.74, 6) is -0.574. The van der Waals surface area contributed by atoms with Crippen molar-refractivity contribution in [3.05, 3.63) is 33.8 Å². The molecule has 0 aromatic heterocycles. The molecule has 1 saturated heterocycles. The van der Waals surface area contributed by atoms with E-state index in [1.807, 2.05) is 4.90 Å². The summed E-state index contributed by atoms with van der Waals surface area (Å²) >= 11 is 3.32. The fraction of sp³-hybridized carbons (Fsp3) is 0.500. The molecule has 1 aromatic rings. The van der Waals surface area contributed by atoms with Crippen molar-refractivity contribution < 1.29 is 14.4 Å².